The maximum atomic E-state index is 5.67. The van der Waals surface area contributed by atoms with E-state index >= 15 is 0 Å². The summed E-state index contributed by atoms with van der Waals surface area (Å²) in [6.07, 6.45) is 12.5. The van der Waals surface area contributed by atoms with Gasteiger partial charge in [-0.15, -0.1) is 0 Å². The van der Waals surface area contributed by atoms with E-state index in [0.29, 0.717) is 13.2 Å². The molecule has 0 aliphatic carbocycles. The standard InChI is InChI=1S/C26H34O3/c1-3-13-25(14-4-1)17-11-23-28-21-9-7-19-27-20-8-10-22-29-24-12-18-26-15-5-2-6-16-26/h1-6,11-18H,7-10,19-24H2. The van der Waals surface area contributed by atoms with E-state index in [0.717, 1.165) is 52.1 Å². The van der Waals surface area contributed by atoms with E-state index in [-0.39, 0.29) is 0 Å². The van der Waals surface area contributed by atoms with Gasteiger partial charge >= 0.3 is 0 Å². The van der Waals surface area contributed by atoms with Crippen molar-refractivity contribution in [2.24, 2.45) is 0 Å². The summed E-state index contributed by atoms with van der Waals surface area (Å²) >= 11 is 0. The van der Waals surface area contributed by atoms with Crippen molar-refractivity contribution in [1.29, 1.82) is 0 Å². The van der Waals surface area contributed by atoms with Crippen LogP contribution in [0.3, 0.4) is 0 Å². The summed E-state index contributed by atoms with van der Waals surface area (Å²) in [5, 5.41) is 0. The molecule has 0 fully saturated rings. The summed E-state index contributed by atoms with van der Waals surface area (Å²) < 4.78 is 16.9. The molecule has 0 unspecified atom stereocenters. The summed E-state index contributed by atoms with van der Waals surface area (Å²) in [5.74, 6) is 0. The van der Waals surface area contributed by atoms with Gasteiger partial charge in [0.25, 0.3) is 0 Å². The zero-order valence-electron chi connectivity index (χ0n) is 17.4. The molecule has 0 heterocycles. The Balaban J connectivity index is 1.29. The lowest BCUT2D eigenvalue weighted by Crippen LogP contribution is -2.02. The molecule has 0 spiro atoms. The first-order valence-electron chi connectivity index (χ1n) is 10.6. The highest BCUT2D eigenvalue weighted by Crippen LogP contribution is 2.02. The van der Waals surface area contributed by atoms with Gasteiger partial charge in [-0.3, -0.25) is 0 Å². The lowest BCUT2D eigenvalue weighted by Gasteiger charge is -2.05. The molecular formula is C26H34O3. The minimum absolute atomic E-state index is 0.663. The highest BCUT2D eigenvalue weighted by Gasteiger charge is 1.93. The van der Waals surface area contributed by atoms with Crippen molar-refractivity contribution in [1.82, 2.24) is 0 Å². The highest BCUT2D eigenvalue weighted by molar-refractivity contribution is 5.49. The molecule has 0 bridgehead atoms. The van der Waals surface area contributed by atoms with Crippen LogP contribution in [-0.2, 0) is 14.2 Å². The molecule has 2 aromatic carbocycles. The van der Waals surface area contributed by atoms with Gasteiger partial charge in [0.15, 0.2) is 0 Å². The molecule has 0 aliphatic rings. The normalized spacial score (nSPS) is 11.6. The molecule has 0 saturated heterocycles. The summed E-state index contributed by atoms with van der Waals surface area (Å²) in [5.41, 5.74) is 2.41. The Morgan fingerprint density at radius 1 is 0.483 bits per heavy atom. The van der Waals surface area contributed by atoms with Crippen LogP contribution in [0.5, 0.6) is 0 Å². The Hall–Kier alpha value is -2.20. The molecule has 156 valence electrons. The Morgan fingerprint density at radius 2 is 0.862 bits per heavy atom. The largest absolute Gasteiger partial charge is 0.381 e. The van der Waals surface area contributed by atoms with Crippen LogP contribution < -0.4 is 0 Å². The molecule has 0 atom stereocenters. The van der Waals surface area contributed by atoms with Crippen molar-refractivity contribution >= 4 is 12.2 Å². The van der Waals surface area contributed by atoms with Crippen LogP contribution in [0.1, 0.15) is 36.8 Å². The van der Waals surface area contributed by atoms with Crippen LogP contribution >= 0.6 is 0 Å². The summed E-state index contributed by atoms with van der Waals surface area (Å²) in [6.45, 7) is 4.51. The van der Waals surface area contributed by atoms with Crippen molar-refractivity contribution in [3.05, 3.63) is 83.9 Å². The first-order valence-corrected chi connectivity index (χ1v) is 10.6. The molecule has 3 nitrogen and oxygen atoms in total. The average Bonchev–Trinajstić information content (AvgIpc) is 2.77. The molecule has 0 amide bonds. The topological polar surface area (TPSA) is 27.7 Å². The highest BCUT2D eigenvalue weighted by atomic mass is 16.5. The quantitative estimate of drug-likeness (QED) is 0.326. The van der Waals surface area contributed by atoms with Crippen molar-refractivity contribution in [2.75, 3.05) is 39.6 Å². The second-order valence-electron chi connectivity index (χ2n) is 6.80. The maximum absolute atomic E-state index is 5.67. The minimum atomic E-state index is 0.663. The number of ether oxygens (including phenoxy) is 3. The molecular weight excluding hydrogens is 360 g/mol. The smallest absolute Gasteiger partial charge is 0.0650 e. The zero-order valence-corrected chi connectivity index (χ0v) is 17.4. The summed E-state index contributed by atoms with van der Waals surface area (Å²) in [7, 11) is 0. The molecule has 0 N–H and O–H groups in total. The molecule has 0 radical (unpaired) electrons. The van der Waals surface area contributed by atoms with E-state index in [1.54, 1.807) is 0 Å². The first-order chi connectivity index (χ1) is 14.4. The van der Waals surface area contributed by atoms with Gasteiger partial charge in [-0.25, -0.2) is 0 Å². The SMILES string of the molecule is C(=Cc1ccccc1)COCCCCOCCCCOCC=Cc1ccccc1. The molecule has 2 aromatic rings. The van der Waals surface area contributed by atoms with Crippen molar-refractivity contribution < 1.29 is 14.2 Å². The number of rotatable bonds is 16. The van der Waals surface area contributed by atoms with Gasteiger partial charge in [0, 0.05) is 26.4 Å². The van der Waals surface area contributed by atoms with E-state index in [1.807, 2.05) is 36.4 Å². The summed E-state index contributed by atoms with van der Waals surface area (Å²) in [4.78, 5) is 0. The maximum Gasteiger partial charge on any atom is 0.0650 e. The molecule has 2 rings (SSSR count). The van der Waals surface area contributed by atoms with E-state index in [9.17, 15) is 0 Å². The van der Waals surface area contributed by atoms with Crippen LogP contribution in [-0.4, -0.2) is 39.6 Å². The van der Waals surface area contributed by atoms with Gasteiger partial charge in [0.05, 0.1) is 13.2 Å². The van der Waals surface area contributed by atoms with Crippen LogP contribution in [0.4, 0.5) is 0 Å². The van der Waals surface area contributed by atoms with E-state index < -0.39 is 0 Å². The third-order valence-corrected chi connectivity index (χ3v) is 4.30. The second-order valence-corrected chi connectivity index (χ2v) is 6.80. The Kier molecular flexibility index (Phi) is 13.3. The van der Waals surface area contributed by atoms with Gasteiger partial charge in [0.1, 0.15) is 0 Å². The predicted octanol–water partition coefficient (Wildman–Crippen LogP) is 6.02. The van der Waals surface area contributed by atoms with Crippen molar-refractivity contribution in [3.63, 3.8) is 0 Å². The van der Waals surface area contributed by atoms with E-state index in [1.165, 1.54) is 11.1 Å². The Bertz CT molecular complexity index is 605. The summed E-state index contributed by atoms with van der Waals surface area (Å²) in [6, 6.07) is 20.6. The predicted molar refractivity (Wildman–Crippen MR) is 122 cm³/mol. The van der Waals surface area contributed by atoms with Gasteiger partial charge in [-0.2, -0.15) is 0 Å². The third-order valence-electron chi connectivity index (χ3n) is 4.30. The minimum Gasteiger partial charge on any atom is -0.381 e. The van der Waals surface area contributed by atoms with E-state index in [4.69, 9.17) is 14.2 Å². The van der Waals surface area contributed by atoms with Gasteiger partial charge in [-0.05, 0) is 36.8 Å². The monoisotopic (exact) mass is 394 g/mol. The number of hydrogen-bond acceptors (Lipinski definition) is 3. The van der Waals surface area contributed by atoms with Crippen molar-refractivity contribution in [3.8, 4) is 0 Å². The molecule has 29 heavy (non-hydrogen) atoms. The van der Waals surface area contributed by atoms with Crippen LogP contribution in [0.2, 0.25) is 0 Å². The van der Waals surface area contributed by atoms with E-state index in [2.05, 4.69) is 48.6 Å². The van der Waals surface area contributed by atoms with Crippen molar-refractivity contribution in [2.45, 2.75) is 25.7 Å². The van der Waals surface area contributed by atoms with Gasteiger partial charge < -0.3 is 14.2 Å². The molecule has 0 saturated carbocycles. The second kappa shape index (κ2) is 16.7. The van der Waals surface area contributed by atoms with Gasteiger partial charge in [-0.1, -0.05) is 85.0 Å². The third kappa shape index (κ3) is 12.8. The molecule has 0 aromatic heterocycles. The number of unbranched alkanes of at least 4 members (excludes halogenated alkanes) is 2. The Morgan fingerprint density at radius 3 is 1.28 bits per heavy atom. The van der Waals surface area contributed by atoms with Gasteiger partial charge in [0.2, 0.25) is 0 Å². The fraction of sp³-hybridized carbons (Fsp3) is 0.385. The zero-order chi connectivity index (χ0) is 20.2. The molecule has 0 aliphatic heterocycles. The lowest BCUT2D eigenvalue weighted by atomic mass is 10.2. The fourth-order valence-corrected chi connectivity index (χ4v) is 2.72. The van der Waals surface area contributed by atoms with Crippen LogP contribution in [0.15, 0.2) is 72.8 Å². The lowest BCUT2D eigenvalue weighted by molar-refractivity contribution is 0.100. The number of hydrogen-bond donors (Lipinski definition) is 0. The molecule has 3 heteroatoms. The van der Waals surface area contributed by atoms with Crippen LogP contribution in [0.25, 0.3) is 12.2 Å². The first kappa shape index (κ1) is 23.1. The number of benzene rings is 2. The fourth-order valence-electron chi connectivity index (χ4n) is 2.72. The average molecular weight is 395 g/mol. The van der Waals surface area contributed by atoms with Crippen LogP contribution in [0, 0.1) is 0 Å². The Labute approximate surface area is 176 Å².